The topological polar surface area (TPSA) is 31.2 Å². The number of hydrogen-bond donors (Lipinski definition) is 0. The molecule has 3 aromatic rings. The summed E-state index contributed by atoms with van der Waals surface area (Å²) in [5, 5.41) is 2.31. The number of fused-ring (bicyclic) bond motifs is 2. The lowest BCUT2D eigenvalue weighted by molar-refractivity contribution is 0.329. The molecular formula is C25H29NO2. The molecule has 0 unspecified atom stereocenters. The van der Waals surface area contributed by atoms with E-state index in [-0.39, 0.29) is 11.0 Å². The van der Waals surface area contributed by atoms with Crippen LogP contribution in [0.2, 0.25) is 0 Å². The van der Waals surface area contributed by atoms with Gasteiger partial charge < -0.3 is 9.30 Å². The standard InChI is InChI=1S/C25H29NO2/c1-25(2,3)16-26-21-12-8-7-11-19(21)20(15-23(26)27)24-18-10-6-5-9-17(18)13-14-22(24)28-4/h5-6,9-10,13-15H,7-8,11-12,16H2,1-4H3. The molecule has 0 amide bonds. The number of nitrogens with zero attached hydrogens (tertiary/aromatic N) is 1. The molecule has 1 aromatic heterocycles. The second-order valence-corrected chi connectivity index (χ2v) is 9.04. The first kappa shape index (κ1) is 18.8. The molecule has 0 atom stereocenters. The number of methoxy groups -OCH3 is 1. The first-order valence-corrected chi connectivity index (χ1v) is 10.2. The van der Waals surface area contributed by atoms with Gasteiger partial charge in [-0.1, -0.05) is 51.1 Å². The SMILES string of the molecule is COc1ccc2ccccc2c1-c1cc(=O)n(CC(C)(C)C)c2c1CCCC2. The average molecular weight is 376 g/mol. The van der Waals surface area contributed by atoms with E-state index in [9.17, 15) is 4.79 Å². The summed E-state index contributed by atoms with van der Waals surface area (Å²) in [6.07, 6.45) is 4.30. The van der Waals surface area contributed by atoms with Gasteiger partial charge in [-0.2, -0.15) is 0 Å². The van der Waals surface area contributed by atoms with Gasteiger partial charge in [-0.05, 0) is 59.1 Å². The van der Waals surface area contributed by atoms with Crippen molar-refractivity contribution in [1.29, 1.82) is 0 Å². The summed E-state index contributed by atoms with van der Waals surface area (Å²) in [6, 6.07) is 14.3. The second-order valence-electron chi connectivity index (χ2n) is 9.04. The Morgan fingerprint density at radius 3 is 2.54 bits per heavy atom. The summed E-state index contributed by atoms with van der Waals surface area (Å²) in [6.45, 7) is 7.32. The molecule has 0 aliphatic heterocycles. The zero-order valence-electron chi connectivity index (χ0n) is 17.3. The molecule has 4 rings (SSSR count). The molecule has 3 nitrogen and oxygen atoms in total. The van der Waals surface area contributed by atoms with Crippen LogP contribution < -0.4 is 10.3 Å². The van der Waals surface area contributed by atoms with Gasteiger partial charge >= 0.3 is 0 Å². The molecule has 0 saturated heterocycles. The molecule has 0 radical (unpaired) electrons. The molecule has 0 spiro atoms. The highest BCUT2D eigenvalue weighted by Crippen LogP contribution is 2.40. The van der Waals surface area contributed by atoms with Crippen molar-refractivity contribution in [3.8, 4) is 16.9 Å². The van der Waals surface area contributed by atoms with Crippen LogP contribution in [0, 0.1) is 5.41 Å². The first-order chi connectivity index (χ1) is 13.4. The van der Waals surface area contributed by atoms with Crippen molar-refractivity contribution in [2.75, 3.05) is 7.11 Å². The Hall–Kier alpha value is -2.55. The maximum absolute atomic E-state index is 13.2. The summed E-state index contributed by atoms with van der Waals surface area (Å²) in [7, 11) is 1.71. The summed E-state index contributed by atoms with van der Waals surface area (Å²) in [5.74, 6) is 0.833. The van der Waals surface area contributed by atoms with Gasteiger partial charge in [0.05, 0.1) is 7.11 Å². The molecule has 1 aliphatic rings. The van der Waals surface area contributed by atoms with E-state index in [2.05, 4.69) is 51.1 Å². The van der Waals surface area contributed by atoms with E-state index in [1.807, 2.05) is 16.7 Å². The van der Waals surface area contributed by atoms with Crippen LogP contribution in [0.5, 0.6) is 5.75 Å². The molecule has 28 heavy (non-hydrogen) atoms. The highest BCUT2D eigenvalue weighted by atomic mass is 16.5. The normalized spacial score (nSPS) is 14.1. The van der Waals surface area contributed by atoms with Crippen LogP contribution >= 0.6 is 0 Å². The fourth-order valence-electron chi connectivity index (χ4n) is 4.47. The maximum Gasteiger partial charge on any atom is 0.251 e. The van der Waals surface area contributed by atoms with E-state index in [4.69, 9.17) is 4.74 Å². The maximum atomic E-state index is 13.2. The molecule has 1 heterocycles. The van der Waals surface area contributed by atoms with Gasteiger partial charge in [-0.15, -0.1) is 0 Å². The Labute approximate surface area is 167 Å². The van der Waals surface area contributed by atoms with Gasteiger partial charge in [0.1, 0.15) is 5.75 Å². The highest BCUT2D eigenvalue weighted by molar-refractivity contribution is 6.00. The van der Waals surface area contributed by atoms with Crippen LogP contribution in [0.4, 0.5) is 0 Å². The summed E-state index contributed by atoms with van der Waals surface area (Å²) in [4.78, 5) is 13.2. The van der Waals surface area contributed by atoms with E-state index >= 15 is 0 Å². The number of rotatable bonds is 3. The quantitative estimate of drug-likeness (QED) is 0.596. The fourth-order valence-corrected chi connectivity index (χ4v) is 4.47. The summed E-state index contributed by atoms with van der Waals surface area (Å²) < 4.78 is 7.76. The van der Waals surface area contributed by atoms with E-state index in [1.165, 1.54) is 23.1 Å². The van der Waals surface area contributed by atoms with Crippen molar-refractivity contribution in [3.63, 3.8) is 0 Å². The minimum absolute atomic E-state index is 0.0632. The van der Waals surface area contributed by atoms with Crippen molar-refractivity contribution in [2.45, 2.75) is 53.0 Å². The smallest absolute Gasteiger partial charge is 0.251 e. The molecular weight excluding hydrogens is 346 g/mol. The van der Waals surface area contributed by atoms with Crippen molar-refractivity contribution in [3.05, 3.63) is 64.1 Å². The van der Waals surface area contributed by atoms with Gasteiger partial charge in [-0.3, -0.25) is 4.79 Å². The van der Waals surface area contributed by atoms with Crippen molar-refractivity contribution in [2.24, 2.45) is 5.41 Å². The van der Waals surface area contributed by atoms with Gasteiger partial charge in [0.15, 0.2) is 0 Å². The summed E-state index contributed by atoms with van der Waals surface area (Å²) >= 11 is 0. The van der Waals surface area contributed by atoms with E-state index in [0.29, 0.717) is 0 Å². The highest BCUT2D eigenvalue weighted by Gasteiger charge is 2.24. The van der Waals surface area contributed by atoms with Crippen molar-refractivity contribution >= 4 is 10.8 Å². The minimum atomic E-state index is 0.0632. The molecule has 146 valence electrons. The zero-order valence-corrected chi connectivity index (χ0v) is 17.3. The zero-order chi connectivity index (χ0) is 19.9. The predicted octanol–water partition coefficient (Wildman–Crippen LogP) is 5.60. The Balaban J connectivity index is 2.04. The average Bonchev–Trinajstić information content (AvgIpc) is 2.68. The number of pyridine rings is 1. The Bertz CT molecular complexity index is 1090. The van der Waals surface area contributed by atoms with Crippen molar-refractivity contribution in [1.82, 2.24) is 4.57 Å². The van der Waals surface area contributed by atoms with E-state index < -0.39 is 0 Å². The Morgan fingerprint density at radius 1 is 1.04 bits per heavy atom. The monoisotopic (exact) mass is 375 g/mol. The molecule has 0 N–H and O–H groups in total. The van der Waals surface area contributed by atoms with Gasteiger partial charge in [0.2, 0.25) is 0 Å². The minimum Gasteiger partial charge on any atom is -0.496 e. The van der Waals surface area contributed by atoms with Crippen molar-refractivity contribution < 1.29 is 4.74 Å². The van der Waals surface area contributed by atoms with Crippen LogP contribution in [0.15, 0.2) is 47.3 Å². The van der Waals surface area contributed by atoms with Gasteiger partial charge in [0.25, 0.3) is 5.56 Å². The molecule has 0 saturated carbocycles. The van der Waals surface area contributed by atoms with Crippen LogP contribution in [0.25, 0.3) is 21.9 Å². The lowest BCUT2D eigenvalue weighted by atomic mass is 9.86. The third-order valence-corrected chi connectivity index (χ3v) is 5.64. The van der Waals surface area contributed by atoms with Crippen LogP contribution in [-0.2, 0) is 19.4 Å². The predicted molar refractivity (Wildman–Crippen MR) is 116 cm³/mol. The van der Waals surface area contributed by atoms with Gasteiger partial charge in [0, 0.05) is 23.9 Å². The first-order valence-electron chi connectivity index (χ1n) is 10.2. The van der Waals surface area contributed by atoms with Crippen LogP contribution in [0.3, 0.4) is 0 Å². The van der Waals surface area contributed by atoms with Gasteiger partial charge in [-0.25, -0.2) is 0 Å². The fraction of sp³-hybridized carbons (Fsp3) is 0.400. The molecule has 2 aromatic carbocycles. The van der Waals surface area contributed by atoms with E-state index in [1.54, 1.807) is 7.11 Å². The van der Waals surface area contributed by atoms with Crippen LogP contribution in [0.1, 0.15) is 44.9 Å². The summed E-state index contributed by atoms with van der Waals surface area (Å²) in [5.41, 5.74) is 4.81. The molecule has 0 bridgehead atoms. The second kappa shape index (κ2) is 7.12. The number of ether oxygens (including phenoxy) is 1. The Kier molecular flexibility index (Phi) is 4.78. The molecule has 3 heteroatoms. The third-order valence-electron chi connectivity index (χ3n) is 5.64. The lowest BCUT2D eigenvalue weighted by Crippen LogP contribution is -2.31. The third kappa shape index (κ3) is 3.34. The molecule has 0 fully saturated rings. The number of benzene rings is 2. The van der Waals surface area contributed by atoms with Crippen LogP contribution in [-0.4, -0.2) is 11.7 Å². The molecule has 1 aliphatic carbocycles. The Morgan fingerprint density at radius 2 is 1.79 bits per heavy atom. The number of hydrogen-bond acceptors (Lipinski definition) is 2. The lowest BCUT2D eigenvalue weighted by Gasteiger charge is -2.28. The largest absolute Gasteiger partial charge is 0.496 e. The van der Waals surface area contributed by atoms with E-state index in [0.717, 1.165) is 48.1 Å². The number of aromatic nitrogens is 1.